The Labute approximate surface area is 111 Å². The van der Waals surface area contributed by atoms with Crippen LogP contribution in [-0.4, -0.2) is 20.9 Å². The average molecular weight is 335 g/mol. The summed E-state index contributed by atoms with van der Waals surface area (Å²) >= 11 is -0.527. The molecule has 0 amide bonds. The Kier molecular flexibility index (Phi) is 3.09. The first-order valence-corrected chi connectivity index (χ1v) is 7.59. The molecule has 1 aromatic heterocycles. The summed E-state index contributed by atoms with van der Waals surface area (Å²) < 4.78 is 7.23. The number of rotatable bonds is 2. The molecule has 3 aromatic rings. The third-order valence-electron chi connectivity index (χ3n) is 2.60. The fourth-order valence-electron chi connectivity index (χ4n) is 1.72. The van der Waals surface area contributed by atoms with Crippen molar-refractivity contribution >= 4 is 20.9 Å². The van der Waals surface area contributed by atoms with Gasteiger partial charge in [0.25, 0.3) is 0 Å². The molecule has 0 N–H and O–H groups in total. The van der Waals surface area contributed by atoms with Gasteiger partial charge < -0.3 is 0 Å². The first kappa shape index (κ1) is 10.8. The van der Waals surface area contributed by atoms with Crippen LogP contribution in [0.1, 0.15) is 0 Å². The van der Waals surface area contributed by atoms with E-state index in [4.69, 9.17) is 2.76 Å². The SMILES string of the molecule is c1ccc(-c2cc(-c3ccccc3)[te][o+]2)cc1. The zero-order chi connectivity index (χ0) is 11.5. The zero-order valence-electron chi connectivity index (χ0n) is 9.17. The van der Waals surface area contributed by atoms with Crippen LogP contribution in [0.5, 0.6) is 0 Å². The Morgan fingerprint density at radius 2 is 1.29 bits per heavy atom. The number of hydrogen-bond donors (Lipinski definition) is 0. The van der Waals surface area contributed by atoms with E-state index in [2.05, 4.69) is 42.5 Å². The second-order valence-electron chi connectivity index (χ2n) is 3.77. The molecule has 1 heterocycles. The van der Waals surface area contributed by atoms with E-state index in [1.54, 1.807) is 0 Å². The molecule has 0 saturated carbocycles. The maximum atomic E-state index is 5.86. The summed E-state index contributed by atoms with van der Waals surface area (Å²) in [5.41, 5.74) is 2.46. The topological polar surface area (TPSA) is 11.3 Å². The minimum absolute atomic E-state index is 0.527. The molecule has 82 valence electrons. The van der Waals surface area contributed by atoms with Crippen molar-refractivity contribution in [2.75, 3.05) is 0 Å². The Bertz CT molecular complexity index is 545. The van der Waals surface area contributed by atoms with E-state index in [1.165, 1.54) is 14.7 Å². The van der Waals surface area contributed by atoms with Gasteiger partial charge in [-0.2, -0.15) is 0 Å². The minimum atomic E-state index is -0.527. The molecule has 0 saturated heterocycles. The standard InChI is InChI=1S/C15H11OTe/c1-3-7-12(8-4-1)14-11-15(17-16-14)13-9-5-2-6-10-13/h1-11H/q+1. The van der Waals surface area contributed by atoms with Crippen LogP contribution >= 0.6 is 0 Å². The van der Waals surface area contributed by atoms with Crippen LogP contribution in [0, 0.1) is 0 Å². The van der Waals surface area contributed by atoms with Gasteiger partial charge in [0.05, 0.1) is 0 Å². The van der Waals surface area contributed by atoms with Crippen molar-refractivity contribution in [3.63, 3.8) is 0 Å². The predicted molar refractivity (Wildman–Crippen MR) is 70.9 cm³/mol. The predicted octanol–water partition coefficient (Wildman–Crippen LogP) is 3.95. The molecule has 0 bridgehead atoms. The Hall–Kier alpha value is -1.36. The van der Waals surface area contributed by atoms with E-state index in [0.717, 1.165) is 5.76 Å². The molecular weight excluding hydrogens is 324 g/mol. The van der Waals surface area contributed by atoms with Crippen molar-refractivity contribution in [3.05, 3.63) is 66.7 Å². The normalized spacial score (nSPS) is 10.4. The van der Waals surface area contributed by atoms with Gasteiger partial charge in [-0.15, -0.1) is 0 Å². The van der Waals surface area contributed by atoms with Crippen molar-refractivity contribution in [1.29, 1.82) is 0 Å². The third kappa shape index (κ3) is 2.34. The molecule has 0 spiro atoms. The van der Waals surface area contributed by atoms with E-state index in [-0.39, 0.29) is 0 Å². The van der Waals surface area contributed by atoms with Crippen LogP contribution in [0.2, 0.25) is 0 Å². The molecule has 2 heteroatoms. The second-order valence-corrected chi connectivity index (χ2v) is 5.98. The van der Waals surface area contributed by atoms with E-state index in [1.807, 2.05) is 24.3 Å². The van der Waals surface area contributed by atoms with Crippen molar-refractivity contribution in [2.45, 2.75) is 0 Å². The maximum absolute atomic E-state index is 5.86. The summed E-state index contributed by atoms with van der Waals surface area (Å²) in [5.74, 6) is 1.02. The molecule has 1 nitrogen and oxygen atoms in total. The van der Waals surface area contributed by atoms with Gasteiger partial charge in [-0.3, -0.25) is 0 Å². The Morgan fingerprint density at radius 1 is 0.706 bits per heavy atom. The molecule has 0 aliphatic carbocycles. The molecule has 0 aliphatic heterocycles. The van der Waals surface area contributed by atoms with Crippen molar-refractivity contribution in [2.24, 2.45) is 0 Å². The molecular formula is C15H11OTe+. The average Bonchev–Trinajstić information content (AvgIpc) is 2.90. The van der Waals surface area contributed by atoms with Crippen molar-refractivity contribution in [1.82, 2.24) is 0 Å². The summed E-state index contributed by atoms with van der Waals surface area (Å²) in [4.78, 5) is 0. The van der Waals surface area contributed by atoms with E-state index in [9.17, 15) is 0 Å². The van der Waals surface area contributed by atoms with Gasteiger partial charge in [0.1, 0.15) is 0 Å². The molecule has 0 atom stereocenters. The Balaban J connectivity index is 1.99. The van der Waals surface area contributed by atoms with Crippen molar-refractivity contribution < 1.29 is 2.76 Å². The van der Waals surface area contributed by atoms with Crippen molar-refractivity contribution in [3.8, 4) is 20.5 Å². The second kappa shape index (κ2) is 4.87. The number of hydrogen-bond acceptors (Lipinski definition) is 0. The van der Waals surface area contributed by atoms with Crippen LogP contribution in [0.3, 0.4) is 0 Å². The van der Waals surface area contributed by atoms with Gasteiger partial charge in [-0.1, -0.05) is 0 Å². The fourth-order valence-corrected chi connectivity index (χ4v) is 3.75. The van der Waals surface area contributed by atoms with Gasteiger partial charge in [-0.25, -0.2) is 0 Å². The summed E-state index contributed by atoms with van der Waals surface area (Å²) in [6.45, 7) is 0. The molecule has 0 aliphatic rings. The van der Waals surface area contributed by atoms with Gasteiger partial charge in [0.2, 0.25) is 0 Å². The van der Waals surface area contributed by atoms with E-state index >= 15 is 0 Å². The fraction of sp³-hybridized carbons (Fsp3) is 0. The van der Waals surface area contributed by atoms with Crippen LogP contribution in [0.15, 0.2) is 69.5 Å². The van der Waals surface area contributed by atoms with Gasteiger partial charge >= 0.3 is 111 Å². The quantitative estimate of drug-likeness (QED) is 0.510. The summed E-state index contributed by atoms with van der Waals surface area (Å²) in [7, 11) is 0. The van der Waals surface area contributed by atoms with Crippen LogP contribution in [-0.2, 0) is 0 Å². The molecule has 0 fully saturated rings. The van der Waals surface area contributed by atoms with Crippen LogP contribution < -0.4 is 0 Å². The molecule has 0 unspecified atom stereocenters. The third-order valence-corrected chi connectivity index (χ3v) is 4.87. The van der Waals surface area contributed by atoms with Gasteiger partial charge in [-0.05, 0) is 0 Å². The van der Waals surface area contributed by atoms with Gasteiger partial charge in [0, 0.05) is 0 Å². The monoisotopic (exact) mass is 337 g/mol. The summed E-state index contributed by atoms with van der Waals surface area (Å²) in [5, 5.41) is 0. The van der Waals surface area contributed by atoms with Crippen LogP contribution in [0.4, 0.5) is 0 Å². The molecule has 3 rings (SSSR count). The molecule has 0 radical (unpaired) electrons. The van der Waals surface area contributed by atoms with Crippen LogP contribution in [0.25, 0.3) is 20.5 Å². The molecule has 2 aromatic carbocycles. The van der Waals surface area contributed by atoms with Gasteiger partial charge in [0.15, 0.2) is 0 Å². The number of benzene rings is 2. The summed E-state index contributed by atoms with van der Waals surface area (Å²) in [6.07, 6.45) is 0. The first-order valence-electron chi connectivity index (χ1n) is 5.47. The molecule has 17 heavy (non-hydrogen) atoms. The zero-order valence-corrected chi connectivity index (χ0v) is 11.5. The van der Waals surface area contributed by atoms with E-state index < -0.39 is 20.9 Å². The Morgan fingerprint density at radius 3 is 1.94 bits per heavy atom. The first-order chi connectivity index (χ1) is 8.43. The summed E-state index contributed by atoms with van der Waals surface area (Å²) in [6, 6.07) is 23.0. The van der Waals surface area contributed by atoms with E-state index in [0.29, 0.717) is 0 Å².